The number of rotatable bonds is 9. The van der Waals surface area contributed by atoms with Crippen LogP contribution in [0.5, 0.6) is 11.5 Å². The van der Waals surface area contributed by atoms with Crippen molar-refractivity contribution in [2.45, 2.75) is 6.42 Å². The molecule has 8 heteroatoms. The van der Waals surface area contributed by atoms with Crippen LogP contribution in [0.25, 0.3) is 0 Å². The first-order valence-corrected chi connectivity index (χ1v) is 8.33. The predicted molar refractivity (Wildman–Crippen MR) is 97.8 cm³/mol. The molecule has 0 N–H and O–H groups in total. The van der Waals surface area contributed by atoms with Crippen molar-refractivity contribution in [3.63, 3.8) is 0 Å². The Kier molecular flexibility index (Phi) is 7.23. The van der Waals surface area contributed by atoms with Crippen molar-refractivity contribution in [3.8, 4) is 11.5 Å². The fourth-order valence-corrected chi connectivity index (χ4v) is 2.19. The Morgan fingerprint density at radius 2 is 1.65 bits per heavy atom. The van der Waals surface area contributed by atoms with E-state index in [1.807, 2.05) is 0 Å². The summed E-state index contributed by atoms with van der Waals surface area (Å²) >= 11 is 5.80. The van der Waals surface area contributed by atoms with E-state index < -0.39 is 4.92 Å². The highest BCUT2D eigenvalue weighted by Gasteiger charge is 2.10. The summed E-state index contributed by atoms with van der Waals surface area (Å²) in [6.07, 6.45) is 0.669. The van der Waals surface area contributed by atoms with Gasteiger partial charge in [0.15, 0.2) is 6.61 Å². The van der Waals surface area contributed by atoms with Crippen molar-refractivity contribution in [1.29, 1.82) is 0 Å². The lowest BCUT2D eigenvalue weighted by Crippen LogP contribution is -2.32. The number of nitro groups is 1. The SMILES string of the molecule is CN(CCCOc1ccc(Cl)cc1)C(=O)COc1ccc([N+](=O)[O-])cc1. The molecule has 2 aromatic rings. The molecule has 0 saturated carbocycles. The molecule has 0 bridgehead atoms. The lowest BCUT2D eigenvalue weighted by Gasteiger charge is -2.17. The van der Waals surface area contributed by atoms with Crippen molar-refractivity contribution in [2.24, 2.45) is 0 Å². The van der Waals surface area contributed by atoms with Crippen LogP contribution in [0.2, 0.25) is 5.02 Å². The van der Waals surface area contributed by atoms with Crippen molar-refractivity contribution in [1.82, 2.24) is 4.90 Å². The van der Waals surface area contributed by atoms with E-state index in [1.165, 1.54) is 24.3 Å². The van der Waals surface area contributed by atoms with Crippen LogP contribution in [0.15, 0.2) is 48.5 Å². The summed E-state index contributed by atoms with van der Waals surface area (Å²) in [7, 11) is 1.68. The van der Waals surface area contributed by atoms with E-state index in [4.69, 9.17) is 21.1 Å². The van der Waals surface area contributed by atoms with E-state index in [-0.39, 0.29) is 18.2 Å². The number of hydrogen-bond acceptors (Lipinski definition) is 5. The quantitative estimate of drug-likeness (QED) is 0.378. The average Bonchev–Trinajstić information content (AvgIpc) is 2.64. The van der Waals surface area contributed by atoms with Gasteiger partial charge in [0.05, 0.1) is 11.5 Å². The maximum Gasteiger partial charge on any atom is 0.269 e. The second-order valence-electron chi connectivity index (χ2n) is 5.51. The summed E-state index contributed by atoms with van der Waals surface area (Å²) in [6, 6.07) is 12.7. The Bertz CT molecular complexity index is 734. The van der Waals surface area contributed by atoms with Crippen molar-refractivity contribution in [3.05, 3.63) is 63.7 Å². The second kappa shape index (κ2) is 9.62. The fraction of sp³-hybridized carbons (Fsp3) is 0.278. The monoisotopic (exact) mass is 378 g/mol. The van der Waals surface area contributed by atoms with Gasteiger partial charge in [0.2, 0.25) is 0 Å². The Labute approximate surface area is 156 Å². The zero-order valence-electron chi connectivity index (χ0n) is 14.3. The summed E-state index contributed by atoms with van der Waals surface area (Å²) in [5, 5.41) is 11.2. The van der Waals surface area contributed by atoms with Gasteiger partial charge >= 0.3 is 0 Å². The number of benzene rings is 2. The minimum atomic E-state index is -0.491. The summed E-state index contributed by atoms with van der Waals surface area (Å²) in [4.78, 5) is 23.7. The lowest BCUT2D eigenvalue weighted by molar-refractivity contribution is -0.384. The Hall–Kier alpha value is -2.80. The zero-order valence-corrected chi connectivity index (χ0v) is 15.0. The molecular weight excluding hydrogens is 360 g/mol. The molecule has 7 nitrogen and oxygen atoms in total. The smallest absolute Gasteiger partial charge is 0.269 e. The predicted octanol–water partition coefficient (Wildman–Crippen LogP) is 3.55. The molecular formula is C18H19ClN2O5. The second-order valence-corrected chi connectivity index (χ2v) is 5.95. The molecule has 0 saturated heterocycles. The molecule has 2 aromatic carbocycles. The summed E-state index contributed by atoms with van der Waals surface area (Å²) in [5.41, 5.74) is -0.0264. The normalized spacial score (nSPS) is 10.2. The number of carbonyl (C=O) groups is 1. The fourth-order valence-electron chi connectivity index (χ4n) is 2.07. The van der Waals surface area contributed by atoms with Gasteiger partial charge < -0.3 is 14.4 Å². The molecule has 0 aliphatic carbocycles. The van der Waals surface area contributed by atoms with Gasteiger partial charge in [0.1, 0.15) is 11.5 Å². The van der Waals surface area contributed by atoms with Crippen LogP contribution in [0.3, 0.4) is 0 Å². The van der Waals surface area contributed by atoms with Crippen LogP contribution in [-0.4, -0.2) is 42.5 Å². The summed E-state index contributed by atoms with van der Waals surface area (Å²) < 4.78 is 10.9. The van der Waals surface area contributed by atoms with Crippen LogP contribution < -0.4 is 9.47 Å². The largest absolute Gasteiger partial charge is 0.494 e. The Morgan fingerprint density at radius 3 is 2.27 bits per heavy atom. The number of hydrogen-bond donors (Lipinski definition) is 0. The Morgan fingerprint density at radius 1 is 1.08 bits per heavy atom. The van der Waals surface area contributed by atoms with Gasteiger partial charge in [-0.3, -0.25) is 14.9 Å². The van der Waals surface area contributed by atoms with Crippen molar-refractivity contribution >= 4 is 23.2 Å². The molecule has 1 amide bonds. The lowest BCUT2D eigenvalue weighted by atomic mass is 10.3. The van der Waals surface area contributed by atoms with Crippen LogP contribution in [-0.2, 0) is 4.79 Å². The van der Waals surface area contributed by atoms with Gasteiger partial charge in [-0.1, -0.05) is 11.6 Å². The molecule has 138 valence electrons. The molecule has 0 radical (unpaired) electrons. The van der Waals surface area contributed by atoms with Crippen LogP contribution >= 0.6 is 11.6 Å². The number of halogens is 1. The topological polar surface area (TPSA) is 81.9 Å². The van der Waals surface area contributed by atoms with Crippen molar-refractivity contribution in [2.75, 3.05) is 26.8 Å². The number of carbonyl (C=O) groups excluding carboxylic acids is 1. The highest BCUT2D eigenvalue weighted by molar-refractivity contribution is 6.30. The van der Waals surface area contributed by atoms with Gasteiger partial charge in [-0.25, -0.2) is 0 Å². The number of ether oxygens (including phenoxy) is 2. The van der Waals surface area contributed by atoms with E-state index in [0.717, 1.165) is 5.75 Å². The van der Waals surface area contributed by atoms with E-state index in [0.29, 0.717) is 30.3 Å². The molecule has 0 aliphatic heterocycles. The third-order valence-electron chi connectivity index (χ3n) is 3.56. The van der Waals surface area contributed by atoms with Gasteiger partial charge in [0.25, 0.3) is 11.6 Å². The first-order chi connectivity index (χ1) is 12.5. The molecule has 0 fully saturated rings. The first-order valence-electron chi connectivity index (χ1n) is 7.95. The van der Waals surface area contributed by atoms with Crippen molar-refractivity contribution < 1.29 is 19.2 Å². The third kappa shape index (κ3) is 6.25. The van der Waals surface area contributed by atoms with Gasteiger partial charge in [-0.15, -0.1) is 0 Å². The van der Waals surface area contributed by atoms with E-state index in [9.17, 15) is 14.9 Å². The minimum absolute atomic E-state index is 0.0264. The number of likely N-dealkylation sites (N-methyl/N-ethyl adjacent to an activating group) is 1. The number of nitro benzene ring substituents is 1. The molecule has 26 heavy (non-hydrogen) atoms. The summed E-state index contributed by atoms with van der Waals surface area (Å²) in [5.74, 6) is 0.947. The van der Waals surface area contributed by atoms with Crippen LogP contribution in [0, 0.1) is 10.1 Å². The van der Waals surface area contributed by atoms with E-state index in [2.05, 4.69) is 0 Å². The van der Waals surface area contributed by atoms with Crippen LogP contribution in [0.4, 0.5) is 5.69 Å². The van der Waals surface area contributed by atoms with Gasteiger partial charge in [-0.2, -0.15) is 0 Å². The first kappa shape index (κ1) is 19.5. The molecule has 0 unspecified atom stereocenters. The third-order valence-corrected chi connectivity index (χ3v) is 3.81. The van der Waals surface area contributed by atoms with E-state index >= 15 is 0 Å². The molecule has 2 rings (SSSR count). The minimum Gasteiger partial charge on any atom is -0.494 e. The van der Waals surface area contributed by atoms with E-state index in [1.54, 1.807) is 36.2 Å². The number of amides is 1. The highest BCUT2D eigenvalue weighted by Crippen LogP contribution is 2.17. The number of nitrogens with zero attached hydrogens (tertiary/aromatic N) is 2. The molecule has 0 aliphatic rings. The average molecular weight is 379 g/mol. The molecule has 0 atom stereocenters. The van der Waals surface area contributed by atoms with Gasteiger partial charge in [-0.05, 0) is 42.8 Å². The maximum atomic E-state index is 12.0. The molecule has 0 spiro atoms. The molecule has 0 aromatic heterocycles. The Balaban J connectivity index is 1.66. The maximum absolute atomic E-state index is 12.0. The zero-order chi connectivity index (χ0) is 18.9. The van der Waals surface area contributed by atoms with Crippen LogP contribution in [0.1, 0.15) is 6.42 Å². The van der Waals surface area contributed by atoms with Gasteiger partial charge in [0, 0.05) is 30.7 Å². The highest BCUT2D eigenvalue weighted by atomic mass is 35.5. The summed E-state index contributed by atoms with van der Waals surface area (Å²) in [6.45, 7) is 0.866. The molecule has 0 heterocycles. The standard InChI is InChI=1S/C18H19ClN2O5/c1-20(11-2-12-25-16-7-3-14(19)4-8-16)18(22)13-26-17-9-5-15(6-10-17)21(23)24/h3-10H,2,11-13H2,1H3. The number of non-ortho nitro benzene ring substituents is 1.